The molecule has 0 aliphatic carbocycles. The van der Waals surface area contributed by atoms with Crippen LogP contribution in [-0.4, -0.2) is 34.1 Å². The van der Waals surface area contributed by atoms with E-state index in [2.05, 4.69) is 15.5 Å². The molecular weight excluding hydrogens is 387 g/mol. The summed E-state index contributed by atoms with van der Waals surface area (Å²) in [7, 11) is 0. The van der Waals surface area contributed by atoms with Gasteiger partial charge < -0.3 is 10.2 Å². The van der Waals surface area contributed by atoms with Gasteiger partial charge in [0.05, 0.1) is 10.5 Å². The van der Waals surface area contributed by atoms with E-state index in [0.717, 1.165) is 12.1 Å². The molecule has 8 nitrogen and oxygen atoms in total. The maximum absolute atomic E-state index is 12.8. The Hall–Kier alpha value is -2.76. The maximum Gasteiger partial charge on any atom is 0.416 e. The van der Waals surface area contributed by atoms with E-state index < -0.39 is 22.4 Å². The molecule has 1 aromatic heterocycles. The molecule has 1 saturated heterocycles. The van der Waals surface area contributed by atoms with E-state index in [1.807, 2.05) is 0 Å². The third-order valence-electron chi connectivity index (χ3n) is 4.30. The molecule has 144 valence electrons. The van der Waals surface area contributed by atoms with E-state index >= 15 is 0 Å². The van der Waals surface area contributed by atoms with Crippen LogP contribution < -0.4 is 10.2 Å². The van der Waals surface area contributed by atoms with Crippen LogP contribution in [0.1, 0.15) is 18.4 Å². The fourth-order valence-electron chi connectivity index (χ4n) is 2.93. The predicted molar refractivity (Wildman–Crippen MR) is 91.6 cm³/mol. The number of hydrogen-bond acceptors (Lipinski definition) is 7. The van der Waals surface area contributed by atoms with Gasteiger partial charge in [-0.25, -0.2) is 0 Å². The number of halogens is 3. The summed E-state index contributed by atoms with van der Waals surface area (Å²) in [4.78, 5) is 24.3. The molecule has 0 spiro atoms. The minimum Gasteiger partial charge on any atom is -0.366 e. The second-order valence-corrected chi connectivity index (χ2v) is 6.79. The Morgan fingerprint density at radius 1 is 1.33 bits per heavy atom. The largest absolute Gasteiger partial charge is 0.416 e. The lowest BCUT2D eigenvalue weighted by Gasteiger charge is -2.32. The molecule has 0 saturated carbocycles. The normalized spacial score (nSPS) is 15.6. The highest BCUT2D eigenvalue weighted by atomic mass is 32.1. The van der Waals surface area contributed by atoms with Crippen LogP contribution in [0.3, 0.4) is 0 Å². The van der Waals surface area contributed by atoms with Crippen LogP contribution in [0.15, 0.2) is 23.7 Å². The van der Waals surface area contributed by atoms with Crippen molar-refractivity contribution in [1.82, 2.24) is 10.2 Å². The molecule has 1 N–H and O–H groups in total. The van der Waals surface area contributed by atoms with E-state index in [0.29, 0.717) is 37.1 Å². The number of amides is 1. The predicted octanol–water partition coefficient (Wildman–Crippen LogP) is 3.32. The zero-order valence-electron chi connectivity index (χ0n) is 13.8. The summed E-state index contributed by atoms with van der Waals surface area (Å²) in [5.41, 5.74) is -0.0519. The van der Waals surface area contributed by atoms with E-state index in [1.165, 1.54) is 16.8 Å². The topological polar surface area (TPSA) is 101 Å². The summed E-state index contributed by atoms with van der Waals surface area (Å²) in [5.74, 6) is -0.521. The summed E-state index contributed by atoms with van der Waals surface area (Å²) >= 11 is 1.19. The Morgan fingerprint density at radius 2 is 2.04 bits per heavy atom. The minimum absolute atomic E-state index is 0.121. The van der Waals surface area contributed by atoms with Gasteiger partial charge in [0.2, 0.25) is 11.0 Å². The first-order valence-corrected chi connectivity index (χ1v) is 8.81. The monoisotopic (exact) mass is 401 g/mol. The summed E-state index contributed by atoms with van der Waals surface area (Å²) in [6.45, 7) is 0.640. The first-order chi connectivity index (χ1) is 12.8. The van der Waals surface area contributed by atoms with Gasteiger partial charge in [-0.15, -0.1) is 10.2 Å². The second-order valence-electron chi connectivity index (χ2n) is 5.95. The van der Waals surface area contributed by atoms with Gasteiger partial charge in [0, 0.05) is 25.1 Å². The molecule has 3 rings (SSSR count). The summed E-state index contributed by atoms with van der Waals surface area (Å²) < 4.78 is 38.4. The Bertz CT molecular complexity index is 836. The zero-order valence-corrected chi connectivity index (χ0v) is 14.6. The molecular formula is C15H14F3N5O3S. The van der Waals surface area contributed by atoms with Gasteiger partial charge in [0.15, 0.2) is 0 Å². The number of piperidine rings is 1. The zero-order chi connectivity index (χ0) is 19.6. The Morgan fingerprint density at radius 3 is 2.59 bits per heavy atom. The second kappa shape index (κ2) is 7.47. The van der Waals surface area contributed by atoms with Crippen LogP contribution in [0.4, 0.5) is 29.7 Å². The standard InChI is InChI=1S/C15H14F3N5O3S/c16-15(17,18)10-1-2-11(12(7-10)23(25)26)22-5-3-9(4-6-22)13(24)20-14-21-19-8-27-14/h1-2,7-9H,3-6H2,(H,20,21,24). The number of benzene rings is 1. The van der Waals surface area contributed by atoms with E-state index in [-0.39, 0.29) is 17.5 Å². The van der Waals surface area contributed by atoms with Crippen molar-refractivity contribution in [1.29, 1.82) is 0 Å². The molecule has 1 aliphatic rings. The molecule has 12 heteroatoms. The van der Waals surface area contributed by atoms with Crippen molar-refractivity contribution in [3.8, 4) is 0 Å². The number of rotatable bonds is 4. The highest BCUT2D eigenvalue weighted by Crippen LogP contribution is 2.37. The van der Waals surface area contributed by atoms with Crippen molar-refractivity contribution in [2.24, 2.45) is 5.92 Å². The van der Waals surface area contributed by atoms with E-state index in [9.17, 15) is 28.1 Å². The molecule has 2 aromatic rings. The summed E-state index contributed by atoms with van der Waals surface area (Å²) in [6.07, 6.45) is -3.81. The van der Waals surface area contributed by atoms with Gasteiger partial charge in [-0.2, -0.15) is 13.2 Å². The molecule has 0 unspecified atom stereocenters. The number of anilines is 2. The number of nitro groups is 1. The van der Waals surface area contributed by atoms with Crippen LogP contribution in [0.5, 0.6) is 0 Å². The number of carbonyl (C=O) groups excluding carboxylic acids is 1. The van der Waals surface area contributed by atoms with Gasteiger partial charge in [0.25, 0.3) is 5.69 Å². The number of nitrogens with zero attached hydrogens (tertiary/aromatic N) is 4. The smallest absolute Gasteiger partial charge is 0.366 e. The number of nitro benzene ring substituents is 1. The molecule has 1 fully saturated rings. The molecule has 1 aliphatic heterocycles. The first-order valence-electron chi connectivity index (χ1n) is 7.93. The highest BCUT2D eigenvalue weighted by molar-refractivity contribution is 7.13. The average Bonchev–Trinajstić information content (AvgIpc) is 3.13. The van der Waals surface area contributed by atoms with Crippen LogP contribution >= 0.6 is 11.3 Å². The van der Waals surface area contributed by atoms with Crippen molar-refractivity contribution in [3.05, 3.63) is 39.4 Å². The van der Waals surface area contributed by atoms with Crippen molar-refractivity contribution >= 4 is 33.8 Å². The van der Waals surface area contributed by atoms with Gasteiger partial charge in [0.1, 0.15) is 11.2 Å². The fraction of sp³-hybridized carbons (Fsp3) is 0.400. The summed E-state index contributed by atoms with van der Waals surface area (Å²) in [6, 6.07) is 2.49. The Kier molecular flexibility index (Phi) is 5.26. The van der Waals surface area contributed by atoms with Gasteiger partial charge in [-0.05, 0) is 25.0 Å². The third-order valence-corrected chi connectivity index (χ3v) is 4.90. The van der Waals surface area contributed by atoms with Crippen molar-refractivity contribution in [2.75, 3.05) is 23.3 Å². The van der Waals surface area contributed by atoms with Crippen molar-refractivity contribution < 1.29 is 22.9 Å². The number of hydrogen-bond donors (Lipinski definition) is 1. The number of nitrogens with one attached hydrogen (secondary N) is 1. The van der Waals surface area contributed by atoms with Crippen LogP contribution in [0.2, 0.25) is 0 Å². The molecule has 0 bridgehead atoms. The Labute approximate surface area is 155 Å². The van der Waals surface area contributed by atoms with E-state index in [4.69, 9.17) is 0 Å². The van der Waals surface area contributed by atoms with Crippen LogP contribution in [0, 0.1) is 16.0 Å². The quantitative estimate of drug-likeness (QED) is 0.623. The molecule has 27 heavy (non-hydrogen) atoms. The van der Waals surface area contributed by atoms with Crippen LogP contribution in [-0.2, 0) is 11.0 Å². The third kappa shape index (κ3) is 4.32. The van der Waals surface area contributed by atoms with Crippen LogP contribution in [0.25, 0.3) is 0 Å². The minimum atomic E-state index is -4.65. The average molecular weight is 401 g/mol. The lowest BCUT2D eigenvalue weighted by atomic mass is 9.95. The number of aromatic nitrogens is 2. The van der Waals surface area contributed by atoms with Crippen molar-refractivity contribution in [2.45, 2.75) is 19.0 Å². The molecule has 1 amide bonds. The number of carbonyl (C=O) groups is 1. The SMILES string of the molecule is O=C(Nc1nncs1)C1CCN(c2ccc(C(F)(F)F)cc2[N+](=O)[O-])CC1. The van der Waals surface area contributed by atoms with Gasteiger partial charge in [-0.3, -0.25) is 14.9 Å². The van der Waals surface area contributed by atoms with Crippen molar-refractivity contribution in [3.63, 3.8) is 0 Å². The Balaban J connectivity index is 1.70. The molecule has 0 atom stereocenters. The number of alkyl halides is 3. The van der Waals surface area contributed by atoms with E-state index in [1.54, 1.807) is 4.90 Å². The molecule has 1 aromatic carbocycles. The first kappa shape index (κ1) is 19.0. The fourth-order valence-corrected chi connectivity index (χ4v) is 3.38. The lowest BCUT2D eigenvalue weighted by molar-refractivity contribution is -0.384. The highest BCUT2D eigenvalue weighted by Gasteiger charge is 2.35. The van der Waals surface area contributed by atoms with Gasteiger partial charge in [-0.1, -0.05) is 11.3 Å². The van der Waals surface area contributed by atoms with Gasteiger partial charge >= 0.3 is 6.18 Å². The maximum atomic E-state index is 12.8. The molecule has 2 heterocycles. The summed E-state index contributed by atoms with van der Waals surface area (Å²) in [5, 5.41) is 21.6. The lowest BCUT2D eigenvalue weighted by Crippen LogP contribution is -2.38. The molecule has 0 radical (unpaired) electrons.